The molecule has 112 valence electrons. The van der Waals surface area contributed by atoms with Crippen LogP contribution in [-0.4, -0.2) is 25.3 Å². The van der Waals surface area contributed by atoms with Gasteiger partial charge in [-0.25, -0.2) is 0 Å². The Morgan fingerprint density at radius 1 is 1.21 bits per heavy atom. The molecule has 0 aromatic heterocycles. The largest absolute Gasteiger partial charge is 0.378 e. The fraction of sp³-hybridized carbons (Fsp3) is 1.00. The van der Waals surface area contributed by atoms with Gasteiger partial charge in [0.1, 0.15) is 0 Å². The van der Waals surface area contributed by atoms with Gasteiger partial charge in [0.2, 0.25) is 0 Å². The van der Waals surface area contributed by atoms with Gasteiger partial charge in [0, 0.05) is 12.6 Å². The molecule has 0 radical (unpaired) electrons. The zero-order valence-corrected chi connectivity index (χ0v) is 13.0. The van der Waals surface area contributed by atoms with Gasteiger partial charge in [0.05, 0.1) is 6.10 Å². The van der Waals surface area contributed by atoms with E-state index in [0.29, 0.717) is 11.5 Å². The predicted octanol–water partition coefficient (Wildman–Crippen LogP) is 4.28. The van der Waals surface area contributed by atoms with Crippen molar-refractivity contribution >= 4 is 0 Å². The molecule has 2 nitrogen and oxygen atoms in total. The Balaban J connectivity index is 1.80. The first kappa shape index (κ1) is 15.3. The molecule has 0 bridgehead atoms. The molecule has 0 spiro atoms. The maximum Gasteiger partial charge on any atom is 0.0576 e. The molecule has 0 aromatic rings. The second-order valence-electron chi connectivity index (χ2n) is 6.60. The molecular formula is C17H33NO. The highest BCUT2D eigenvalue weighted by Gasteiger charge is 2.38. The van der Waals surface area contributed by atoms with Gasteiger partial charge in [-0.2, -0.15) is 0 Å². The highest BCUT2D eigenvalue weighted by Crippen LogP contribution is 2.45. The first-order chi connectivity index (χ1) is 9.30. The Bertz CT molecular complexity index is 242. The summed E-state index contributed by atoms with van der Waals surface area (Å²) in [6.45, 7) is 6.77. The van der Waals surface area contributed by atoms with E-state index in [-0.39, 0.29) is 0 Å². The monoisotopic (exact) mass is 267 g/mol. The van der Waals surface area contributed by atoms with Gasteiger partial charge in [0.25, 0.3) is 0 Å². The lowest BCUT2D eigenvalue weighted by Crippen LogP contribution is -2.43. The number of hydrogen-bond donors (Lipinski definition) is 1. The molecule has 0 aromatic carbocycles. The van der Waals surface area contributed by atoms with Crippen molar-refractivity contribution < 1.29 is 4.74 Å². The van der Waals surface area contributed by atoms with E-state index >= 15 is 0 Å². The molecule has 2 fully saturated rings. The van der Waals surface area contributed by atoms with Crippen molar-refractivity contribution in [3.8, 4) is 0 Å². The average Bonchev–Trinajstić information content (AvgIpc) is 3.10. The van der Waals surface area contributed by atoms with Crippen LogP contribution in [0.5, 0.6) is 0 Å². The van der Waals surface area contributed by atoms with Gasteiger partial charge in [0.15, 0.2) is 0 Å². The van der Waals surface area contributed by atoms with Crippen LogP contribution in [0.25, 0.3) is 0 Å². The highest BCUT2D eigenvalue weighted by atomic mass is 16.5. The lowest BCUT2D eigenvalue weighted by molar-refractivity contribution is 0.0971. The van der Waals surface area contributed by atoms with Crippen molar-refractivity contribution in [3.63, 3.8) is 0 Å². The second kappa shape index (κ2) is 7.64. The minimum absolute atomic E-state index is 0.573. The van der Waals surface area contributed by atoms with Crippen LogP contribution in [0.15, 0.2) is 0 Å². The van der Waals surface area contributed by atoms with Crippen molar-refractivity contribution in [2.24, 2.45) is 5.41 Å². The van der Waals surface area contributed by atoms with Gasteiger partial charge in [-0.05, 0) is 63.3 Å². The van der Waals surface area contributed by atoms with E-state index < -0.39 is 0 Å². The number of ether oxygens (including phenoxy) is 1. The molecule has 2 rings (SSSR count). The van der Waals surface area contributed by atoms with Gasteiger partial charge >= 0.3 is 0 Å². The first-order valence-electron chi connectivity index (χ1n) is 8.65. The van der Waals surface area contributed by atoms with E-state index in [4.69, 9.17) is 4.74 Å². The summed E-state index contributed by atoms with van der Waals surface area (Å²) in [5, 5.41) is 3.80. The topological polar surface area (TPSA) is 21.3 Å². The summed E-state index contributed by atoms with van der Waals surface area (Å²) in [5.74, 6) is 0. The van der Waals surface area contributed by atoms with E-state index in [1.807, 2.05) is 0 Å². The maximum absolute atomic E-state index is 5.75. The number of nitrogens with one attached hydrogen (secondary N) is 1. The van der Waals surface area contributed by atoms with Crippen LogP contribution >= 0.6 is 0 Å². The molecule has 2 atom stereocenters. The standard InChI is InChI=1S/C17H33NO/c1-3-17(12-5-6-13-17)16(18-4-2)11-7-9-15-10-8-14-19-15/h15-16,18H,3-14H2,1-2H3. The molecule has 1 heterocycles. The molecule has 19 heavy (non-hydrogen) atoms. The summed E-state index contributed by atoms with van der Waals surface area (Å²) < 4.78 is 5.75. The number of hydrogen-bond acceptors (Lipinski definition) is 2. The van der Waals surface area contributed by atoms with Crippen LogP contribution in [-0.2, 0) is 4.74 Å². The summed E-state index contributed by atoms with van der Waals surface area (Å²) in [4.78, 5) is 0. The zero-order chi connectivity index (χ0) is 13.6. The first-order valence-corrected chi connectivity index (χ1v) is 8.65. The zero-order valence-electron chi connectivity index (χ0n) is 13.0. The second-order valence-corrected chi connectivity index (χ2v) is 6.60. The molecule has 1 aliphatic heterocycles. The summed E-state index contributed by atoms with van der Waals surface area (Å²) in [6, 6.07) is 0.742. The highest BCUT2D eigenvalue weighted by molar-refractivity contribution is 4.93. The smallest absolute Gasteiger partial charge is 0.0576 e. The normalized spacial score (nSPS) is 27.8. The Kier molecular flexibility index (Phi) is 6.15. The van der Waals surface area contributed by atoms with E-state index in [9.17, 15) is 0 Å². The molecule has 1 aliphatic carbocycles. The Morgan fingerprint density at radius 3 is 2.58 bits per heavy atom. The van der Waals surface area contributed by atoms with Gasteiger partial charge in [-0.15, -0.1) is 0 Å². The molecule has 0 amide bonds. The Hall–Kier alpha value is -0.0800. The average molecular weight is 267 g/mol. The van der Waals surface area contributed by atoms with Gasteiger partial charge in [-0.3, -0.25) is 0 Å². The Labute approximate surface area is 119 Å². The molecule has 1 saturated heterocycles. The molecule has 2 aliphatic rings. The summed E-state index contributed by atoms with van der Waals surface area (Å²) in [6.07, 6.45) is 14.2. The lowest BCUT2D eigenvalue weighted by atomic mass is 9.74. The summed E-state index contributed by atoms with van der Waals surface area (Å²) in [5.41, 5.74) is 0.604. The summed E-state index contributed by atoms with van der Waals surface area (Å²) >= 11 is 0. The van der Waals surface area contributed by atoms with Crippen molar-refractivity contribution in [1.82, 2.24) is 5.32 Å². The SMILES string of the molecule is CCNC(CCCC1CCCO1)C1(CC)CCCC1. The quantitative estimate of drug-likeness (QED) is 0.708. The minimum atomic E-state index is 0.573. The molecule has 1 saturated carbocycles. The van der Waals surface area contributed by atoms with E-state index in [2.05, 4.69) is 19.2 Å². The van der Waals surface area contributed by atoms with Crippen LogP contribution in [0, 0.1) is 5.41 Å². The third-order valence-electron chi connectivity index (χ3n) is 5.54. The van der Waals surface area contributed by atoms with Crippen LogP contribution in [0.3, 0.4) is 0 Å². The van der Waals surface area contributed by atoms with Crippen LogP contribution in [0.4, 0.5) is 0 Å². The molecule has 2 heteroatoms. The van der Waals surface area contributed by atoms with E-state index in [0.717, 1.165) is 19.2 Å². The van der Waals surface area contributed by atoms with Crippen molar-refractivity contribution in [1.29, 1.82) is 0 Å². The van der Waals surface area contributed by atoms with Crippen LogP contribution < -0.4 is 5.32 Å². The predicted molar refractivity (Wildman–Crippen MR) is 81.5 cm³/mol. The van der Waals surface area contributed by atoms with Gasteiger partial charge < -0.3 is 10.1 Å². The van der Waals surface area contributed by atoms with Crippen molar-refractivity contribution in [2.75, 3.05) is 13.2 Å². The third-order valence-corrected chi connectivity index (χ3v) is 5.54. The molecular weight excluding hydrogens is 234 g/mol. The third kappa shape index (κ3) is 3.95. The minimum Gasteiger partial charge on any atom is -0.378 e. The number of rotatable bonds is 8. The van der Waals surface area contributed by atoms with E-state index in [1.54, 1.807) is 0 Å². The fourth-order valence-electron chi connectivity index (χ4n) is 4.32. The Morgan fingerprint density at radius 2 is 2.00 bits per heavy atom. The van der Waals surface area contributed by atoms with E-state index in [1.165, 1.54) is 64.2 Å². The fourth-order valence-corrected chi connectivity index (χ4v) is 4.32. The van der Waals surface area contributed by atoms with Crippen LogP contribution in [0.1, 0.15) is 78.1 Å². The molecule has 2 unspecified atom stereocenters. The lowest BCUT2D eigenvalue weighted by Gasteiger charge is -2.38. The maximum atomic E-state index is 5.75. The van der Waals surface area contributed by atoms with Crippen molar-refractivity contribution in [3.05, 3.63) is 0 Å². The summed E-state index contributed by atoms with van der Waals surface area (Å²) in [7, 11) is 0. The molecule has 1 N–H and O–H groups in total. The van der Waals surface area contributed by atoms with Gasteiger partial charge in [-0.1, -0.05) is 26.7 Å². The van der Waals surface area contributed by atoms with Crippen molar-refractivity contribution in [2.45, 2.75) is 90.2 Å². The van der Waals surface area contributed by atoms with Crippen LogP contribution in [0.2, 0.25) is 0 Å².